The zero-order valence-corrected chi connectivity index (χ0v) is 17.3. The lowest BCUT2D eigenvalue weighted by atomic mass is 10.0. The van der Waals surface area contributed by atoms with Crippen LogP contribution in [0.5, 0.6) is 0 Å². The van der Waals surface area contributed by atoms with Gasteiger partial charge in [-0.3, -0.25) is 4.79 Å². The van der Waals surface area contributed by atoms with Crippen LogP contribution >= 0.6 is 0 Å². The van der Waals surface area contributed by atoms with Crippen molar-refractivity contribution in [2.45, 2.75) is 19.9 Å². The van der Waals surface area contributed by atoms with Crippen LogP contribution in [0.4, 0.5) is 0 Å². The van der Waals surface area contributed by atoms with Gasteiger partial charge in [-0.1, -0.05) is 30.3 Å². The molecule has 2 aromatic heterocycles. The Bertz CT molecular complexity index is 1290. The van der Waals surface area contributed by atoms with Crippen molar-refractivity contribution in [2.75, 3.05) is 14.1 Å². The van der Waals surface area contributed by atoms with Crippen molar-refractivity contribution >= 4 is 27.5 Å². The van der Waals surface area contributed by atoms with Crippen molar-refractivity contribution in [3.63, 3.8) is 0 Å². The van der Waals surface area contributed by atoms with Gasteiger partial charge in [0.25, 0.3) is 5.56 Å². The number of aromatic nitrogens is 3. The van der Waals surface area contributed by atoms with E-state index in [9.17, 15) is 4.79 Å². The molecule has 4 aromatic rings. The summed E-state index contributed by atoms with van der Waals surface area (Å²) in [5, 5.41) is 11.6. The number of amidine groups is 1. The predicted molar refractivity (Wildman–Crippen MR) is 121 cm³/mol. The van der Waals surface area contributed by atoms with Gasteiger partial charge in [-0.2, -0.15) is 10.2 Å². The highest BCUT2D eigenvalue weighted by Crippen LogP contribution is 2.25. The third-order valence-corrected chi connectivity index (χ3v) is 5.11. The molecule has 0 fully saturated rings. The summed E-state index contributed by atoms with van der Waals surface area (Å²) in [6, 6.07) is 13.8. The van der Waals surface area contributed by atoms with E-state index in [1.165, 1.54) is 15.6 Å². The third kappa shape index (κ3) is 3.65. The molecule has 30 heavy (non-hydrogen) atoms. The number of nitrogens with zero attached hydrogens (tertiary/aromatic N) is 3. The number of hydrogen-bond acceptors (Lipinski definition) is 5. The van der Waals surface area contributed by atoms with Crippen molar-refractivity contribution in [3.05, 3.63) is 75.8 Å². The van der Waals surface area contributed by atoms with Crippen LogP contribution in [0.15, 0.2) is 58.6 Å². The fourth-order valence-electron chi connectivity index (χ4n) is 3.84. The molecule has 0 atom stereocenters. The molecular weight excluding hydrogens is 378 g/mol. The van der Waals surface area contributed by atoms with Crippen LogP contribution in [0.3, 0.4) is 0 Å². The van der Waals surface area contributed by atoms with Crippen molar-refractivity contribution < 1.29 is 0 Å². The second-order valence-electron chi connectivity index (χ2n) is 7.10. The van der Waals surface area contributed by atoms with Gasteiger partial charge in [0.1, 0.15) is 6.54 Å². The van der Waals surface area contributed by atoms with Gasteiger partial charge >= 0.3 is 0 Å². The topological polar surface area (TPSA) is 99.1 Å². The van der Waals surface area contributed by atoms with Gasteiger partial charge in [-0.25, -0.2) is 10.1 Å². The normalized spacial score (nSPS) is 11.9. The van der Waals surface area contributed by atoms with E-state index in [0.717, 1.165) is 22.2 Å². The molecule has 4 N–H and O–H groups in total. The minimum Gasteiger partial charge on any atom is -0.361 e. The average molecular weight is 403 g/mol. The SMILES string of the molecule is CNN=C(Cn1nc(Cc2c[nH]c3cccc(C)c23)c2ccccc2c1=O)NNC. The van der Waals surface area contributed by atoms with E-state index in [1.807, 2.05) is 36.5 Å². The maximum Gasteiger partial charge on any atom is 0.275 e. The minimum absolute atomic E-state index is 0.147. The first-order valence-electron chi connectivity index (χ1n) is 9.82. The number of fused-ring (bicyclic) bond motifs is 2. The second kappa shape index (κ2) is 8.38. The Morgan fingerprint density at radius 1 is 1.13 bits per heavy atom. The monoisotopic (exact) mass is 403 g/mol. The number of rotatable bonds is 6. The second-order valence-corrected chi connectivity index (χ2v) is 7.10. The molecule has 0 saturated heterocycles. The van der Waals surface area contributed by atoms with Crippen molar-refractivity contribution in [2.24, 2.45) is 5.10 Å². The van der Waals surface area contributed by atoms with Gasteiger partial charge < -0.3 is 15.8 Å². The molecule has 0 radical (unpaired) electrons. The highest BCUT2D eigenvalue weighted by atomic mass is 16.1. The number of nitrogens with one attached hydrogen (secondary N) is 4. The summed E-state index contributed by atoms with van der Waals surface area (Å²) < 4.78 is 1.46. The van der Waals surface area contributed by atoms with E-state index >= 15 is 0 Å². The average Bonchev–Trinajstić information content (AvgIpc) is 3.16. The molecule has 4 rings (SSSR count). The maximum atomic E-state index is 13.1. The van der Waals surface area contributed by atoms with E-state index in [4.69, 9.17) is 5.10 Å². The number of benzene rings is 2. The minimum atomic E-state index is -0.147. The zero-order chi connectivity index (χ0) is 21.1. The molecule has 0 aliphatic carbocycles. The summed E-state index contributed by atoms with van der Waals surface area (Å²) in [6.07, 6.45) is 2.64. The van der Waals surface area contributed by atoms with E-state index in [2.05, 4.69) is 45.4 Å². The first-order valence-corrected chi connectivity index (χ1v) is 9.82. The number of hydrogen-bond donors (Lipinski definition) is 4. The fourth-order valence-corrected chi connectivity index (χ4v) is 3.84. The number of aryl methyl sites for hydroxylation is 1. The van der Waals surface area contributed by atoms with Crippen molar-refractivity contribution in [3.8, 4) is 0 Å². The van der Waals surface area contributed by atoms with Gasteiger partial charge in [-0.15, -0.1) is 0 Å². The van der Waals surface area contributed by atoms with Crippen LogP contribution in [0, 0.1) is 6.92 Å². The lowest BCUT2D eigenvalue weighted by Crippen LogP contribution is -2.40. The summed E-state index contributed by atoms with van der Waals surface area (Å²) in [5.41, 5.74) is 12.7. The van der Waals surface area contributed by atoms with Gasteiger partial charge in [0.05, 0.1) is 11.1 Å². The van der Waals surface area contributed by atoms with Crippen LogP contribution in [0.1, 0.15) is 16.8 Å². The Morgan fingerprint density at radius 2 is 1.93 bits per heavy atom. The fraction of sp³-hybridized carbons (Fsp3) is 0.227. The first kappa shape index (κ1) is 19.7. The molecule has 0 unspecified atom stereocenters. The first-order chi connectivity index (χ1) is 14.6. The van der Waals surface area contributed by atoms with Crippen LogP contribution in [0.25, 0.3) is 21.7 Å². The van der Waals surface area contributed by atoms with Crippen LogP contribution < -0.4 is 21.8 Å². The number of hydrazine groups is 1. The van der Waals surface area contributed by atoms with Crippen molar-refractivity contribution in [1.82, 2.24) is 31.0 Å². The summed E-state index contributed by atoms with van der Waals surface area (Å²) in [5.74, 6) is 0.554. The molecule has 0 saturated carbocycles. The Labute approximate surface area is 174 Å². The summed E-state index contributed by atoms with van der Waals surface area (Å²) in [4.78, 5) is 16.4. The van der Waals surface area contributed by atoms with Crippen LogP contribution in [0.2, 0.25) is 0 Å². The smallest absolute Gasteiger partial charge is 0.275 e. The summed E-state index contributed by atoms with van der Waals surface area (Å²) in [7, 11) is 3.45. The molecule has 0 bridgehead atoms. The molecule has 8 heteroatoms. The Morgan fingerprint density at radius 3 is 2.70 bits per heavy atom. The zero-order valence-electron chi connectivity index (χ0n) is 17.3. The molecule has 8 nitrogen and oxygen atoms in total. The van der Waals surface area contributed by atoms with Crippen molar-refractivity contribution in [1.29, 1.82) is 0 Å². The lowest BCUT2D eigenvalue weighted by molar-refractivity contribution is 0.627. The Kier molecular flexibility index (Phi) is 5.49. The summed E-state index contributed by atoms with van der Waals surface area (Å²) >= 11 is 0. The molecule has 0 spiro atoms. The van der Waals surface area contributed by atoms with E-state index in [-0.39, 0.29) is 12.1 Å². The van der Waals surface area contributed by atoms with E-state index < -0.39 is 0 Å². The Hall–Kier alpha value is -3.65. The predicted octanol–water partition coefficient (Wildman–Crippen LogP) is 2.03. The lowest BCUT2D eigenvalue weighted by Gasteiger charge is -2.13. The highest BCUT2D eigenvalue weighted by molar-refractivity contribution is 5.89. The molecule has 0 amide bonds. The molecular formula is C22H25N7O. The quantitative estimate of drug-likeness (QED) is 0.224. The number of H-pyrrole nitrogens is 1. The van der Waals surface area contributed by atoms with Crippen LogP contribution in [-0.2, 0) is 13.0 Å². The molecule has 0 aliphatic heterocycles. The van der Waals surface area contributed by atoms with E-state index in [1.54, 1.807) is 14.1 Å². The maximum absolute atomic E-state index is 13.1. The summed E-state index contributed by atoms with van der Waals surface area (Å²) in [6.45, 7) is 2.32. The number of hydrazone groups is 1. The van der Waals surface area contributed by atoms with E-state index in [0.29, 0.717) is 17.6 Å². The highest BCUT2D eigenvalue weighted by Gasteiger charge is 2.15. The van der Waals surface area contributed by atoms with Gasteiger partial charge in [0.2, 0.25) is 0 Å². The van der Waals surface area contributed by atoms with Gasteiger partial charge in [0, 0.05) is 43.0 Å². The largest absolute Gasteiger partial charge is 0.361 e. The van der Waals surface area contributed by atoms with Crippen LogP contribution in [-0.4, -0.2) is 34.7 Å². The number of aromatic amines is 1. The van der Waals surface area contributed by atoms with Gasteiger partial charge in [-0.05, 0) is 30.2 Å². The Balaban J connectivity index is 1.83. The van der Waals surface area contributed by atoms with Gasteiger partial charge in [0.15, 0.2) is 5.84 Å². The molecule has 2 heterocycles. The molecule has 2 aromatic carbocycles. The molecule has 154 valence electrons. The standard InChI is InChI=1S/C22H25N7O/c1-14-7-6-10-18-21(14)15(12-25-18)11-19-16-8-4-5-9-17(16)22(30)29(28-19)13-20(26-23-2)27-24-3/h4-10,12,23-25H,11,13H2,1-3H3,(H,26,27). The molecule has 0 aliphatic rings. The third-order valence-electron chi connectivity index (χ3n) is 5.11.